The monoisotopic (exact) mass is 356 g/mol. The van der Waals surface area contributed by atoms with Crippen LogP contribution in [0.15, 0.2) is 73.1 Å². The lowest BCUT2D eigenvalue weighted by Crippen LogP contribution is -1.96. The molecule has 0 fully saturated rings. The molecule has 4 heteroatoms. The van der Waals surface area contributed by atoms with Crippen molar-refractivity contribution in [3.05, 3.63) is 89.9 Å². The van der Waals surface area contributed by atoms with Crippen LogP contribution in [0.1, 0.15) is 16.8 Å². The van der Waals surface area contributed by atoms with Crippen LogP contribution in [0, 0.1) is 0 Å². The molecule has 4 nitrogen and oxygen atoms in total. The topological polar surface area (TPSA) is 55.2 Å². The Hall–Kier alpha value is -3.24. The van der Waals surface area contributed by atoms with E-state index in [1.54, 1.807) is 13.4 Å². The Morgan fingerprint density at radius 3 is 2.48 bits per heavy atom. The highest BCUT2D eigenvalue weighted by atomic mass is 16.5. The van der Waals surface area contributed by atoms with Crippen molar-refractivity contribution in [3.63, 3.8) is 0 Å². The summed E-state index contributed by atoms with van der Waals surface area (Å²) in [6.07, 6.45) is 2.33. The summed E-state index contributed by atoms with van der Waals surface area (Å²) in [5.41, 5.74) is 6.26. The molecule has 0 aliphatic carbocycles. The van der Waals surface area contributed by atoms with Gasteiger partial charge >= 0.3 is 0 Å². The van der Waals surface area contributed by atoms with Gasteiger partial charge < -0.3 is 9.84 Å². The average Bonchev–Trinajstić information content (AvgIpc) is 2.74. The lowest BCUT2D eigenvalue weighted by Gasteiger charge is -2.09. The van der Waals surface area contributed by atoms with E-state index in [1.807, 2.05) is 42.5 Å². The molecule has 0 aliphatic rings. The van der Waals surface area contributed by atoms with Crippen molar-refractivity contribution >= 4 is 10.9 Å². The predicted octanol–water partition coefficient (Wildman–Crippen LogP) is 4.39. The van der Waals surface area contributed by atoms with Crippen LogP contribution < -0.4 is 4.74 Å². The Labute approximate surface area is 158 Å². The second kappa shape index (κ2) is 7.56. The molecule has 4 rings (SSSR count). The van der Waals surface area contributed by atoms with E-state index < -0.39 is 0 Å². The molecule has 27 heavy (non-hydrogen) atoms. The SMILES string of the molecule is COc1ccc2ncnc(Cc3cccc(-c4ccc(CO)cc4)c3)c2c1. The fraction of sp³-hybridized carbons (Fsp3) is 0.130. The van der Waals surface area contributed by atoms with E-state index in [4.69, 9.17) is 4.74 Å². The van der Waals surface area contributed by atoms with E-state index in [0.29, 0.717) is 0 Å². The fourth-order valence-corrected chi connectivity index (χ4v) is 3.21. The number of rotatable bonds is 5. The van der Waals surface area contributed by atoms with E-state index in [1.165, 1.54) is 5.56 Å². The van der Waals surface area contributed by atoms with Gasteiger partial charge in [-0.3, -0.25) is 0 Å². The number of fused-ring (bicyclic) bond motifs is 1. The van der Waals surface area contributed by atoms with Gasteiger partial charge in [-0.05, 0) is 40.5 Å². The molecule has 1 aromatic heterocycles. The van der Waals surface area contributed by atoms with Crippen LogP contribution in [-0.2, 0) is 13.0 Å². The van der Waals surface area contributed by atoms with Gasteiger partial charge in [-0.1, -0.05) is 48.5 Å². The normalized spacial score (nSPS) is 10.9. The number of aliphatic hydroxyl groups is 1. The van der Waals surface area contributed by atoms with Crippen molar-refractivity contribution in [3.8, 4) is 16.9 Å². The van der Waals surface area contributed by atoms with E-state index in [2.05, 4.69) is 34.2 Å². The van der Waals surface area contributed by atoms with E-state index in [-0.39, 0.29) is 6.61 Å². The summed E-state index contributed by atoms with van der Waals surface area (Å²) in [5.74, 6) is 0.802. The number of hydrogen-bond donors (Lipinski definition) is 1. The van der Waals surface area contributed by atoms with Crippen molar-refractivity contribution in [2.45, 2.75) is 13.0 Å². The van der Waals surface area contributed by atoms with Gasteiger partial charge in [0.15, 0.2) is 0 Å². The number of methoxy groups -OCH3 is 1. The second-order valence-electron chi connectivity index (χ2n) is 6.44. The maximum atomic E-state index is 9.21. The predicted molar refractivity (Wildman–Crippen MR) is 107 cm³/mol. The number of ether oxygens (including phenoxy) is 1. The second-order valence-corrected chi connectivity index (χ2v) is 6.44. The molecular formula is C23H20N2O2. The van der Waals surface area contributed by atoms with Crippen molar-refractivity contribution in [1.82, 2.24) is 9.97 Å². The Bertz CT molecular complexity index is 1080. The first kappa shape index (κ1) is 17.2. The summed E-state index contributed by atoms with van der Waals surface area (Å²) in [4.78, 5) is 8.86. The smallest absolute Gasteiger partial charge is 0.119 e. The Morgan fingerprint density at radius 2 is 1.70 bits per heavy atom. The standard InChI is InChI=1S/C23H20N2O2/c1-27-20-9-10-22-21(13-20)23(25-15-24-22)12-17-3-2-4-19(11-17)18-7-5-16(14-26)6-8-18/h2-11,13,15,26H,12,14H2,1H3. The summed E-state index contributed by atoms with van der Waals surface area (Å²) in [6.45, 7) is 0.0601. The molecule has 0 aliphatic heterocycles. The maximum absolute atomic E-state index is 9.21. The van der Waals surface area contributed by atoms with Gasteiger partial charge in [-0.2, -0.15) is 0 Å². The number of nitrogens with zero attached hydrogens (tertiary/aromatic N) is 2. The maximum Gasteiger partial charge on any atom is 0.119 e. The summed E-state index contributed by atoms with van der Waals surface area (Å²) in [6, 6.07) is 22.3. The Morgan fingerprint density at radius 1 is 0.852 bits per heavy atom. The molecule has 134 valence electrons. The van der Waals surface area contributed by atoms with Crippen molar-refractivity contribution in [1.29, 1.82) is 0 Å². The minimum absolute atomic E-state index is 0.0601. The largest absolute Gasteiger partial charge is 0.497 e. The summed E-state index contributed by atoms with van der Waals surface area (Å²) in [5, 5.41) is 10.2. The molecule has 0 saturated carbocycles. The fourth-order valence-electron chi connectivity index (χ4n) is 3.21. The van der Waals surface area contributed by atoms with E-state index in [9.17, 15) is 5.11 Å². The summed E-state index contributed by atoms with van der Waals surface area (Å²) >= 11 is 0. The zero-order valence-electron chi connectivity index (χ0n) is 15.1. The molecule has 1 heterocycles. The number of hydrogen-bond acceptors (Lipinski definition) is 4. The molecule has 0 unspecified atom stereocenters. The first-order valence-electron chi connectivity index (χ1n) is 8.83. The van der Waals surface area contributed by atoms with E-state index >= 15 is 0 Å². The molecule has 1 N–H and O–H groups in total. The van der Waals surface area contributed by atoms with Crippen LogP contribution in [-0.4, -0.2) is 22.2 Å². The minimum atomic E-state index is 0.0601. The van der Waals surface area contributed by atoms with Crippen molar-refractivity contribution in [2.24, 2.45) is 0 Å². The van der Waals surface area contributed by atoms with Crippen molar-refractivity contribution < 1.29 is 9.84 Å². The quantitative estimate of drug-likeness (QED) is 0.576. The van der Waals surface area contributed by atoms with Gasteiger partial charge in [0, 0.05) is 11.8 Å². The lowest BCUT2D eigenvalue weighted by atomic mass is 9.99. The molecule has 0 bridgehead atoms. The highest BCUT2D eigenvalue weighted by molar-refractivity contribution is 5.82. The van der Waals surface area contributed by atoms with Crippen LogP contribution in [0.2, 0.25) is 0 Å². The van der Waals surface area contributed by atoms with Gasteiger partial charge in [0.2, 0.25) is 0 Å². The van der Waals surface area contributed by atoms with Crippen molar-refractivity contribution in [2.75, 3.05) is 7.11 Å². The third-order valence-corrected chi connectivity index (χ3v) is 4.69. The zero-order valence-corrected chi connectivity index (χ0v) is 15.1. The van der Waals surface area contributed by atoms with E-state index in [0.717, 1.165) is 45.5 Å². The van der Waals surface area contributed by atoms with Gasteiger partial charge in [0.25, 0.3) is 0 Å². The highest BCUT2D eigenvalue weighted by Crippen LogP contribution is 2.25. The van der Waals surface area contributed by atoms with Crippen LogP contribution in [0.3, 0.4) is 0 Å². The Kier molecular flexibility index (Phi) is 4.81. The highest BCUT2D eigenvalue weighted by Gasteiger charge is 2.08. The van der Waals surface area contributed by atoms with Crippen LogP contribution in [0.5, 0.6) is 5.75 Å². The zero-order chi connectivity index (χ0) is 18.6. The molecule has 0 saturated heterocycles. The first-order chi connectivity index (χ1) is 13.3. The van der Waals surface area contributed by atoms with Gasteiger partial charge in [-0.15, -0.1) is 0 Å². The number of aromatic nitrogens is 2. The number of benzene rings is 3. The lowest BCUT2D eigenvalue weighted by molar-refractivity contribution is 0.282. The van der Waals surface area contributed by atoms with Gasteiger partial charge in [-0.25, -0.2) is 9.97 Å². The number of aliphatic hydroxyl groups excluding tert-OH is 1. The summed E-state index contributed by atoms with van der Waals surface area (Å²) < 4.78 is 5.35. The third kappa shape index (κ3) is 3.66. The minimum Gasteiger partial charge on any atom is -0.497 e. The Balaban J connectivity index is 1.68. The average molecular weight is 356 g/mol. The molecule has 0 amide bonds. The molecular weight excluding hydrogens is 336 g/mol. The van der Waals surface area contributed by atoms with Crippen LogP contribution >= 0.6 is 0 Å². The molecule has 3 aromatic carbocycles. The van der Waals surface area contributed by atoms with Crippen LogP contribution in [0.4, 0.5) is 0 Å². The van der Waals surface area contributed by atoms with Gasteiger partial charge in [0.05, 0.1) is 24.9 Å². The van der Waals surface area contributed by atoms with Gasteiger partial charge in [0.1, 0.15) is 12.1 Å². The molecule has 0 spiro atoms. The molecule has 0 atom stereocenters. The molecule has 0 radical (unpaired) electrons. The van der Waals surface area contributed by atoms with Crippen LogP contribution in [0.25, 0.3) is 22.0 Å². The molecule has 4 aromatic rings. The first-order valence-corrected chi connectivity index (χ1v) is 8.83. The summed E-state index contributed by atoms with van der Waals surface area (Å²) in [7, 11) is 1.66. The third-order valence-electron chi connectivity index (χ3n) is 4.69.